The van der Waals surface area contributed by atoms with Gasteiger partial charge in [0.2, 0.25) is 11.5 Å². The molecule has 1 aliphatic heterocycles. The van der Waals surface area contributed by atoms with Crippen LogP contribution in [0.1, 0.15) is 32.3 Å². The molecule has 3 rings (SSSR count). The summed E-state index contributed by atoms with van der Waals surface area (Å²) < 4.78 is 17.1. The zero-order valence-corrected chi connectivity index (χ0v) is 19.1. The van der Waals surface area contributed by atoms with E-state index >= 15 is 0 Å². The molecule has 10 nitrogen and oxygen atoms in total. The van der Waals surface area contributed by atoms with Crippen LogP contribution >= 0.6 is 0 Å². The fraction of sp³-hybridized carbons (Fsp3) is 0.375. The molecule has 2 unspecified atom stereocenters. The van der Waals surface area contributed by atoms with E-state index in [2.05, 4.69) is 16.0 Å². The first-order chi connectivity index (χ1) is 16.4. The molecule has 1 aliphatic rings. The summed E-state index contributed by atoms with van der Waals surface area (Å²) in [4.78, 5) is 35.5. The third kappa shape index (κ3) is 6.24. The van der Waals surface area contributed by atoms with Crippen molar-refractivity contribution < 1.29 is 33.7 Å². The number of amides is 4. The number of hydrogen-bond acceptors (Lipinski definition) is 7. The number of aliphatic hydroxyl groups is 1. The molecule has 4 amide bonds. The second-order valence-corrected chi connectivity index (χ2v) is 7.62. The topological polar surface area (TPSA) is 135 Å². The summed E-state index contributed by atoms with van der Waals surface area (Å²) in [6, 6.07) is 13.0. The van der Waals surface area contributed by atoms with Gasteiger partial charge in [-0.3, -0.25) is 14.9 Å². The molecular weight excluding hydrogens is 442 g/mol. The van der Waals surface area contributed by atoms with Gasteiger partial charge in [0.25, 0.3) is 5.91 Å². The van der Waals surface area contributed by atoms with Crippen LogP contribution in [0.4, 0.5) is 4.79 Å². The lowest BCUT2D eigenvalue weighted by Gasteiger charge is -2.39. The van der Waals surface area contributed by atoms with Crippen molar-refractivity contribution in [1.29, 1.82) is 0 Å². The van der Waals surface area contributed by atoms with Crippen molar-refractivity contribution in [2.45, 2.75) is 45.1 Å². The second-order valence-electron chi connectivity index (χ2n) is 7.62. The van der Waals surface area contributed by atoms with Crippen LogP contribution in [0.3, 0.4) is 0 Å². The minimum atomic E-state index is -1.74. The number of urea groups is 1. The number of carbonyl (C=O) groups is 3. The first-order valence-corrected chi connectivity index (χ1v) is 11.1. The van der Waals surface area contributed by atoms with E-state index in [1.807, 2.05) is 19.1 Å². The van der Waals surface area contributed by atoms with Crippen LogP contribution in [0.5, 0.6) is 17.2 Å². The number of benzene rings is 2. The zero-order valence-electron chi connectivity index (χ0n) is 19.1. The van der Waals surface area contributed by atoms with E-state index in [0.717, 1.165) is 5.56 Å². The molecule has 0 bridgehead atoms. The van der Waals surface area contributed by atoms with E-state index in [1.54, 1.807) is 43.3 Å². The minimum absolute atomic E-state index is 0.0112. The Balaban J connectivity index is 1.66. The molecule has 1 saturated heterocycles. The largest absolute Gasteiger partial charge is 0.473 e. The van der Waals surface area contributed by atoms with Crippen molar-refractivity contribution in [3.63, 3.8) is 0 Å². The van der Waals surface area contributed by atoms with Crippen LogP contribution in [-0.2, 0) is 20.9 Å². The molecule has 2 aromatic rings. The quantitative estimate of drug-likeness (QED) is 0.369. The highest BCUT2D eigenvalue weighted by Crippen LogP contribution is 2.29. The number of imide groups is 1. The Hall–Kier alpha value is -3.63. The maximum absolute atomic E-state index is 12.6. The summed E-state index contributed by atoms with van der Waals surface area (Å²) in [5, 5.41) is 17.7. The molecule has 0 saturated carbocycles. The standard InChI is InChI=1S/C24H29N3O7/c1-3-20(28)25-15-16-5-7-17(8-6-16)33-18-9-11-19(12-10-18)34-24(13-14-32-4-2)21(29)26-23(31)27-22(24)30/h5-12,21,29H,3-4,13-15H2,1-2H3,(H,25,28)(H2,26,27,30,31). The van der Waals surface area contributed by atoms with E-state index in [9.17, 15) is 19.5 Å². The van der Waals surface area contributed by atoms with Crippen LogP contribution in [0.25, 0.3) is 0 Å². The van der Waals surface area contributed by atoms with Crippen LogP contribution in [0, 0.1) is 0 Å². The van der Waals surface area contributed by atoms with Crippen LogP contribution < -0.4 is 25.4 Å². The monoisotopic (exact) mass is 471 g/mol. The fourth-order valence-electron chi connectivity index (χ4n) is 3.30. The number of nitrogens with one attached hydrogen (secondary N) is 3. The first-order valence-electron chi connectivity index (χ1n) is 11.1. The Morgan fingerprint density at radius 3 is 2.24 bits per heavy atom. The molecule has 4 N–H and O–H groups in total. The van der Waals surface area contributed by atoms with E-state index in [-0.39, 0.29) is 18.9 Å². The Kier molecular flexibility index (Phi) is 8.44. The van der Waals surface area contributed by atoms with Gasteiger partial charge in [0.05, 0.1) is 6.61 Å². The average molecular weight is 472 g/mol. The summed E-state index contributed by atoms with van der Waals surface area (Å²) in [5.41, 5.74) is -0.791. The molecule has 10 heteroatoms. The lowest BCUT2D eigenvalue weighted by molar-refractivity contribution is -0.155. The molecule has 1 heterocycles. The SMILES string of the molecule is CCOCCC1(Oc2ccc(Oc3ccc(CNC(=O)CC)cc3)cc2)C(=O)NC(=O)NC1O. The second kappa shape index (κ2) is 11.5. The predicted molar refractivity (Wildman–Crippen MR) is 122 cm³/mol. The van der Waals surface area contributed by atoms with Crippen molar-refractivity contribution in [3.05, 3.63) is 54.1 Å². The number of aliphatic hydroxyl groups excluding tert-OH is 1. The summed E-state index contributed by atoms with van der Waals surface area (Å²) in [7, 11) is 0. The third-order valence-electron chi connectivity index (χ3n) is 5.24. The van der Waals surface area contributed by atoms with Gasteiger partial charge in [-0.1, -0.05) is 19.1 Å². The third-order valence-corrected chi connectivity index (χ3v) is 5.24. The van der Waals surface area contributed by atoms with Gasteiger partial charge < -0.3 is 30.0 Å². The van der Waals surface area contributed by atoms with Gasteiger partial charge >= 0.3 is 6.03 Å². The Bertz CT molecular complexity index is 995. The molecule has 1 fully saturated rings. The van der Waals surface area contributed by atoms with Crippen LogP contribution in [0.2, 0.25) is 0 Å². The smallest absolute Gasteiger partial charge is 0.323 e. The normalized spacial score (nSPS) is 19.7. The van der Waals surface area contributed by atoms with Crippen LogP contribution in [0.15, 0.2) is 48.5 Å². The van der Waals surface area contributed by atoms with Gasteiger partial charge in [0.15, 0.2) is 6.23 Å². The van der Waals surface area contributed by atoms with Crippen molar-refractivity contribution in [2.75, 3.05) is 13.2 Å². The lowest BCUT2D eigenvalue weighted by atomic mass is 9.94. The van der Waals surface area contributed by atoms with E-state index in [4.69, 9.17) is 14.2 Å². The number of hydrogen-bond donors (Lipinski definition) is 4. The van der Waals surface area contributed by atoms with Crippen molar-refractivity contribution in [1.82, 2.24) is 16.0 Å². The minimum Gasteiger partial charge on any atom is -0.473 e. The average Bonchev–Trinajstić information content (AvgIpc) is 2.83. The Morgan fingerprint density at radius 1 is 1.03 bits per heavy atom. The molecule has 0 aromatic heterocycles. The van der Waals surface area contributed by atoms with E-state index < -0.39 is 23.8 Å². The maximum atomic E-state index is 12.6. The van der Waals surface area contributed by atoms with E-state index in [0.29, 0.717) is 36.8 Å². The molecule has 2 aromatic carbocycles. The zero-order chi connectivity index (χ0) is 24.6. The van der Waals surface area contributed by atoms with Crippen molar-refractivity contribution in [2.24, 2.45) is 0 Å². The molecule has 2 atom stereocenters. The highest BCUT2D eigenvalue weighted by atomic mass is 16.5. The Morgan fingerprint density at radius 2 is 1.65 bits per heavy atom. The summed E-state index contributed by atoms with van der Waals surface area (Å²) in [6.07, 6.45) is -1.09. The number of ether oxygens (including phenoxy) is 3. The maximum Gasteiger partial charge on any atom is 0.323 e. The highest BCUT2D eigenvalue weighted by molar-refractivity contribution is 6.02. The molecule has 34 heavy (non-hydrogen) atoms. The number of rotatable bonds is 11. The fourth-order valence-corrected chi connectivity index (χ4v) is 3.30. The summed E-state index contributed by atoms with van der Waals surface area (Å²) >= 11 is 0. The first kappa shape index (κ1) is 25.0. The molecular formula is C24H29N3O7. The van der Waals surface area contributed by atoms with Gasteiger partial charge in [0.1, 0.15) is 17.2 Å². The summed E-state index contributed by atoms with van der Waals surface area (Å²) in [5.74, 6) is 0.681. The predicted octanol–water partition coefficient (Wildman–Crippen LogP) is 2.21. The van der Waals surface area contributed by atoms with Gasteiger partial charge in [0, 0.05) is 26.0 Å². The highest BCUT2D eigenvalue weighted by Gasteiger charge is 2.52. The molecule has 0 radical (unpaired) electrons. The summed E-state index contributed by atoms with van der Waals surface area (Å²) in [6.45, 7) is 4.64. The van der Waals surface area contributed by atoms with Gasteiger partial charge in [-0.15, -0.1) is 0 Å². The molecule has 0 aliphatic carbocycles. The van der Waals surface area contributed by atoms with Crippen LogP contribution in [-0.4, -0.2) is 48.0 Å². The number of carbonyl (C=O) groups excluding carboxylic acids is 3. The van der Waals surface area contributed by atoms with Crippen molar-refractivity contribution in [3.8, 4) is 17.2 Å². The van der Waals surface area contributed by atoms with E-state index in [1.165, 1.54) is 0 Å². The van der Waals surface area contributed by atoms with Gasteiger partial charge in [-0.2, -0.15) is 0 Å². The van der Waals surface area contributed by atoms with Crippen molar-refractivity contribution >= 4 is 17.8 Å². The van der Waals surface area contributed by atoms with Gasteiger partial charge in [-0.05, 0) is 48.9 Å². The van der Waals surface area contributed by atoms with Gasteiger partial charge in [-0.25, -0.2) is 4.79 Å². The molecule has 0 spiro atoms. The lowest BCUT2D eigenvalue weighted by Crippen LogP contribution is -2.71. The molecule has 182 valence electrons. The Labute approximate surface area is 197 Å².